The first-order valence-corrected chi connectivity index (χ1v) is 7.67. The Morgan fingerprint density at radius 3 is 2.65 bits per heavy atom. The van der Waals surface area contributed by atoms with Crippen LogP contribution in [0.15, 0.2) is 18.2 Å². The minimum atomic E-state index is -0.537. The molecule has 6 heteroatoms. The number of aliphatic hydroxyl groups excluding tert-OH is 1. The average Bonchev–Trinajstić information content (AvgIpc) is 2.36. The van der Waals surface area contributed by atoms with Gasteiger partial charge in [-0.15, -0.1) is 0 Å². The molecule has 0 aromatic heterocycles. The molecule has 1 saturated carbocycles. The van der Waals surface area contributed by atoms with Crippen LogP contribution in [0, 0.1) is 5.82 Å². The molecule has 0 spiro atoms. The second kappa shape index (κ2) is 6.35. The summed E-state index contributed by atoms with van der Waals surface area (Å²) in [5.41, 5.74) is -0.505. The summed E-state index contributed by atoms with van der Waals surface area (Å²) in [6.07, 6.45) is 0.699. The predicted octanol–water partition coefficient (Wildman–Crippen LogP) is 3.14. The molecule has 1 aliphatic carbocycles. The minimum absolute atomic E-state index is 0.0919. The van der Waals surface area contributed by atoms with Crippen LogP contribution >= 0.6 is 0 Å². The van der Waals surface area contributed by atoms with Gasteiger partial charge in [0, 0.05) is 23.9 Å². The molecule has 1 aliphatic rings. The Kier molecular flexibility index (Phi) is 4.84. The van der Waals surface area contributed by atoms with Crippen molar-refractivity contribution in [1.82, 2.24) is 5.32 Å². The van der Waals surface area contributed by atoms with E-state index < -0.39 is 17.5 Å². The number of halogens is 1. The number of alkyl carbamates (subject to hydrolysis) is 1. The highest BCUT2D eigenvalue weighted by molar-refractivity contribution is 5.69. The van der Waals surface area contributed by atoms with E-state index in [4.69, 9.17) is 9.47 Å². The molecule has 0 saturated heterocycles. The fraction of sp³-hybridized carbons (Fsp3) is 0.588. The van der Waals surface area contributed by atoms with Crippen LogP contribution in [0.25, 0.3) is 0 Å². The van der Waals surface area contributed by atoms with Gasteiger partial charge in [-0.1, -0.05) is 0 Å². The van der Waals surface area contributed by atoms with E-state index in [1.807, 2.05) is 27.7 Å². The first kappa shape index (κ1) is 17.5. The summed E-state index contributed by atoms with van der Waals surface area (Å²) >= 11 is 0. The molecule has 5 nitrogen and oxygen atoms in total. The van der Waals surface area contributed by atoms with Crippen LogP contribution in [0.5, 0.6) is 5.75 Å². The Balaban J connectivity index is 1.88. The number of aliphatic hydroxyl groups is 1. The smallest absolute Gasteiger partial charge is 0.408 e. The number of hydrogen-bond acceptors (Lipinski definition) is 4. The highest BCUT2D eigenvalue weighted by Gasteiger charge is 2.44. The van der Waals surface area contributed by atoms with Crippen LogP contribution in [0.2, 0.25) is 0 Å². The van der Waals surface area contributed by atoms with E-state index in [9.17, 15) is 14.3 Å². The summed E-state index contributed by atoms with van der Waals surface area (Å²) in [7, 11) is 0. The molecule has 0 bridgehead atoms. The largest absolute Gasteiger partial charge is 0.490 e. The lowest BCUT2D eigenvalue weighted by atomic mass is 9.76. The Hall–Kier alpha value is -1.82. The van der Waals surface area contributed by atoms with Crippen molar-refractivity contribution in [1.29, 1.82) is 0 Å². The molecule has 128 valence electrons. The normalized spacial score (nSPS) is 23.8. The zero-order valence-corrected chi connectivity index (χ0v) is 14.0. The van der Waals surface area contributed by atoms with Crippen molar-refractivity contribution in [3.63, 3.8) is 0 Å². The third kappa shape index (κ3) is 4.82. The molecule has 2 N–H and O–H groups in total. The Labute approximate surface area is 135 Å². The van der Waals surface area contributed by atoms with Gasteiger partial charge in [-0.3, -0.25) is 0 Å². The maximum absolute atomic E-state index is 13.1. The number of amides is 1. The molecule has 23 heavy (non-hydrogen) atoms. The predicted molar refractivity (Wildman–Crippen MR) is 83.7 cm³/mol. The molecule has 0 atom stereocenters. The van der Waals surface area contributed by atoms with E-state index in [1.165, 1.54) is 18.2 Å². The standard InChI is InChI=1S/C17H24FNO4/c1-16(2,3)23-15(21)19-17(4)8-13(9-17)22-14-6-5-12(18)7-11(14)10-20/h5-7,13,20H,8-10H2,1-4H3,(H,19,21). The van der Waals surface area contributed by atoms with Crippen LogP contribution in [-0.4, -0.2) is 28.4 Å². The Bertz CT molecular complexity index is 576. The van der Waals surface area contributed by atoms with Crippen molar-refractivity contribution in [2.75, 3.05) is 0 Å². The highest BCUT2D eigenvalue weighted by Crippen LogP contribution is 2.36. The van der Waals surface area contributed by atoms with Crippen LogP contribution in [-0.2, 0) is 11.3 Å². The molecule has 1 amide bonds. The zero-order valence-electron chi connectivity index (χ0n) is 14.0. The molecular formula is C17H24FNO4. The summed E-state index contributed by atoms with van der Waals surface area (Å²) < 4.78 is 24.2. The number of ether oxygens (including phenoxy) is 2. The van der Waals surface area contributed by atoms with Gasteiger partial charge in [0.15, 0.2) is 0 Å². The number of nitrogens with one attached hydrogen (secondary N) is 1. The maximum Gasteiger partial charge on any atom is 0.408 e. The van der Waals surface area contributed by atoms with E-state index >= 15 is 0 Å². The van der Waals surface area contributed by atoms with Gasteiger partial charge in [-0.25, -0.2) is 9.18 Å². The molecule has 2 rings (SSSR count). The number of hydrogen-bond donors (Lipinski definition) is 2. The minimum Gasteiger partial charge on any atom is -0.490 e. The van der Waals surface area contributed by atoms with E-state index in [2.05, 4.69) is 5.32 Å². The fourth-order valence-corrected chi connectivity index (χ4v) is 2.65. The van der Waals surface area contributed by atoms with Crippen LogP contribution < -0.4 is 10.1 Å². The lowest BCUT2D eigenvalue weighted by Gasteiger charge is -2.45. The van der Waals surface area contributed by atoms with Crippen LogP contribution in [0.1, 0.15) is 46.1 Å². The number of benzene rings is 1. The van der Waals surface area contributed by atoms with Crippen molar-refractivity contribution in [3.8, 4) is 5.75 Å². The fourth-order valence-electron chi connectivity index (χ4n) is 2.65. The van der Waals surface area contributed by atoms with Crippen LogP contribution in [0.3, 0.4) is 0 Å². The summed E-state index contributed by atoms with van der Waals surface area (Å²) in [4.78, 5) is 11.8. The van der Waals surface area contributed by atoms with Crippen molar-refractivity contribution in [2.24, 2.45) is 0 Å². The molecule has 0 heterocycles. The number of carbonyl (C=O) groups is 1. The Morgan fingerprint density at radius 2 is 2.09 bits per heavy atom. The van der Waals surface area contributed by atoms with Crippen molar-refractivity contribution >= 4 is 6.09 Å². The molecule has 1 fully saturated rings. The van der Waals surface area contributed by atoms with Crippen molar-refractivity contribution in [3.05, 3.63) is 29.6 Å². The molecular weight excluding hydrogens is 301 g/mol. The maximum atomic E-state index is 13.1. The second-order valence-corrected chi connectivity index (χ2v) is 7.25. The summed E-state index contributed by atoms with van der Waals surface area (Å²) in [6.45, 7) is 7.08. The molecule has 0 radical (unpaired) electrons. The van der Waals surface area contributed by atoms with E-state index in [-0.39, 0.29) is 18.2 Å². The summed E-state index contributed by atoms with van der Waals surface area (Å²) in [6, 6.07) is 4.06. The van der Waals surface area contributed by atoms with E-state index in [1.54, 1.807) is 0 Å². The van der Waals surface area contributed by atoms with Gasteiger partial charge < -0.3 is 19.9 Å². The van der Waals surface area contributed by atoms with E-state index in [0.29, 0.717) is 24.2 Å². The Morgan fingerprint density at radius 1 is 1.43 bits per heavy atom. The van der Waals surface area contributed by atoms with Crippen molar-refractivity contribution < 1.29 is 23.8 Å². The van der Waals surface area contributed by atoms with Gasteiger partial charge in [0.2, 0.25) is 0 Å². The topological polar surface area (TPSA) is 67.8 Å². The van der Waals surface area contributed by atoms with Gasteiger partial charge >= 0.3 is 6.09 Å². The van der Waals surface area contributed by atoms with Gasteiger partial charge in [-0.2, -0.15) is 0 Å². The van der Waals surface area contributed by atoms with Crippen LogP contribution in [0.4, 0.5) is 9.18 Å². The van der Waals surface area contributed by atoms with Gasteiger partial charge in [-0.05, 0) is 45.9 Å². The van der Waals surface area contributed by atoms with Gasteiger partial charge in [0.05, 0.1) is 6.61 Å². The molecule has 0 aliphatic heterocycles. The third-order valence-corrected chi connectivity index (χ3v) is 3.65. The first-order chi connectivity index (χ1) is 10.6. The molecule has 1 aromatic carbocycles. The quantitative estimate of drug-likeness (QED) is 0.892. The number of carbonyl (C=O) groups excluding carboxylic acids is 1. The number of rotatable bonds is 4. The van der Waals surface area contributed by atoms with Gasteiger partial charge in [0.1, 0.15) is 23.3 Å². The molecule has 1 aromatic rings. The SMILES string of the molecule is CC1(NC(=O)OC(C)(C)C)CC(Oc2ccc(F)cc2CO)C1. The monoisotopic (exact) mass is 325 g/mol. The zero-order chi connectivity index (χ0) is 17.3. The van der Waals surface area contributed by atoms with E-state index in [0.717, 1.165) is 0 Å². The summed E-state index contributed by atoms with van der Waals surface area (Å²) in [5, 5.41) is 12.1. The highest BCUT2D eigenvalue weighted by atomic mass is 19.1. The van der Waals surface area contributed by atoms with Gasteiger partial charge in [0.25, 0.3) is 0 Å². The third-order valence-electron chi connectivity index (χ3n) is 3.65. The average molecular weight is 325 g/mol. The molecule has 0 unspecified atom stereocenters. The lowest BCUT2D eigenvalue weighted by Crippen LogP contribution is -2.59. The van der Waals surface area contributed by atoms with Crippen molar-refractivity contribution in [2.45, 2.75) is 64.4 Å². The second-order valence-electron chi connectivity index (χ2n) is 7.25. The summed E-state index contributed by atoms with van der Waals surface area (Å²) in [5.74, 6) is 0.0599. The lowest BCUT2D eigenvalue weighted by molar-refractivity contribution is 0.00841. The first-order valence-electron chi connectivity index (χ1n) is 7.67.